The molecular formula is C14H13Cl2NOS. The number of benzene rings is 1. The number of thiophene rings is 1. The van der Waals surface area contributed by atoms with E-state index in [4.69, 9.17) is 27.9 Å². The molecule has 0 radical (unpaired) electrons. The van der Waals surface area contributed by atoms with Gasteiger partial charge in [0.05, 0.1) is 10.0 Å². The standard InChI is InChI=1S/C14H13Cl2NOS/c15-11-2-1-10(7-12(11)16)18-13-8-17-5-3-9-4-6-19-14(9)13/h1-2,4,6-7,13,17H,3,5,8H2. The van der Waals surface area contributed by atoms with Crippen LogP contribution >= 0.6 is 34.5 Å². The van der Waals surface area contributed by atoms with E-state index in [0.717, 1.165) is 25.3 Å². The molecule has 0 saturated heterocycles. The molecule has 100 valence electrons. The molecule has 0 bridgehead atoms. The normalized spacial score (nSPS) is 18.7. The Hall–Kier alpha value is -0.740. The van der Waals surface area contributed by atoms with Crippen LogP contribution in [0.25, 0.3) is 0 Å². The first kappa shape index (κ1) is 13.3. The van der Waals surface area contributed by atoms with Crippen molar-refractivity contribution in [2.75, 3.05) is 13.1 Å². The average Bonchev–Trinajstić information content (AvgIpc) is 2.78. The third kappa shape index (κ3) is 2.90. The highest BCUT2D eigenvalue weighted by atomic mass is 35.5. The van der Waals surface area contributed by atoms with Gasteiger partial charge in [-0.2, -0.15) is 0 Å². The molecule has 1 aromatic carbocycles. The molecule has 1 aliphatic rings. The summed E-state index contributed by atoms with van der Waals surface area (Å²) in [5.74, 6) is 0.752. The lowest BCUT2D eigenvalue weighted by atomic mass is 10.1. The van der Waals surface area contributed by atoms with Crippen molar-refractivity contribution in [3.8, 4) is 5.75 Å². The molecule has 0 spiro atoms. The van der Waals surface area contributed by atoms with Crippen molar-refractivity contribution in [1.29, 1.82) is 0 Å². The molecule has 0 fully saturated rings. The van der Waals surface area contributed by atoms with Crippen molar-refractivity contribution in [2.45, 2.75) is 12.5 Å². The van der Waals surface area contributed by atoms with E-state index in [9.17, 15) is 0 Å². The van der Waals surface area contributed by atoms with E-state index >= 15 is 0 Å². The predicted molar refractivity (Wildman–Crippen MR) is 80.7 cm³/mol. The predicted octanol–water partition coefficient (Wildman–Crippen LogP) is 4.32. The summed E-state index contributed by atoms with van der Waals surface area (Å²) in [4.78, 5) is 1.30. The number of rotatable bonds is 2. The van der Waals surface area contributed by atoms with Gasteiger partial charge in [-0.05, 0) is 42.1 Å². The first-order valence-electron chi connectivity index (χ1n) is 6.13. The highest BCUT2D eigenvalue weighted by molar-refractivity contribution is 7.10. The van der Waals surface area contributed by atoms with Crippen molar-refractivity contribution in [1.82, 2.24) is 5.32 Å². The lowest BCUT2D eigenvalue weighted by Crippen LogP contribution is -2.23. The summed E-state index contributed by atoms with van der Waals surface area (Å²) in [5.41, 5.74) is 1.38. The van der Waals surface area contributed by atoms with E-state index in [2.05, 4.69) is 16.8 Å². The summed E-state index contributed by atoms with van der Waals surface area (Å²) in [6, 6.07) is 7.56. The van der Waals surface area contributed by atoms with Crippen molar-refractivity contribution in [3.05, 3.63) is 50.1 Å². The Labute approximate surface area is 126 Å². The zero-order valence-corrected chi connectivity index (χ0v) is 12.5. The van der Waals surface area contributed by atoms with Crippen LogP contribution in [0.15, 0.2) is 29.6 Å². The van der Waals surface area contributed by atoms with Crippen molar-refractivity contribution in [2.24, 2.45) is 0 Å². The topological polar surface area (TPSA) is 21.3 Å². The van der Waals surface area contributed by atoms with Crippen molar-refractivity contribution >= 4 is 34.5 Å². The van der Waals surface area contributed by atoms with Gasteiger partial charge in [0.15, 0.2) is 0 Å². The van der Waals surface area contributed by atoms with Crippen LogP contribution < -0.4 is 10.1 Å². The van der Waals surface area contributed by atoms with Crippen LogP contribution in [0, 0.1) is 0 Å². The third-order valence-corrected chi connectivity index (χ3v) is 4.93. The average molecular weight is 314 g/mol. The summed E-state index contributed by atoms with van der Waals surface area (Å²) in [5, 5.41) is 6.59. The van der Waals surface area contributed by atoms with Crippen LogP contribution in [0.5, 0.6) is 5.75 Å². The molecule has 2 aromatic rings. The zero-order chi connectivity index (χ0) is 13.2. The minimum atomic E-state index is 0.0368. The minimum Gasteiger partial charge on any atom is -0.483 e. The Morgan fingerprint density at radius 2 is 2.11 bits per heavy atom. The number of hydrogen-bond donors (Lipinski definition) is 1. The largest absolute Gasteiger partial charge is 0.483 e. The molecule has 5 heteroatoms. The van der Waals surface area contributed by atoms with Gasteiger partial charge in [-0.1, -0.05) is 23.2 Å². The number of ether oxygens (including phenoxy) is 1. The van der Waals surface area contributed by atoms with E-state index in [1.807, 2.05) is 6.07 Å². The smallest absolute Gasteiger partial charge is 0.145 e. The van der Waals surface area contributed by atoms with E-state index in [-0.39, 0.29) is 6.10 Å². The highest BCUT2D eigenvalue weighted by Crippen LogP contribution is 2.33. The number of fused-ring (bicyclic) bond motifs is 1. The maximum absolute atomic E-state index is 6.06. The van der Waals surface area contributed by atoms with Gasteiger partial charge in [-0.25, -0.2) is 0 Å². The SMILES string of the molecule is Clc1ccc(OC2CNCCc3ccsc32)cc1Cl. The Morgan fingerprint density at radius 3 is 2.95 bits per heavy atom. The second kappa shape index (κ2) is 5.71. The minimum absolute atomic E-state index is 0.0368. The van der Waals surface area contributed by atoms with Crippen LogP contribution in [0.1, 0.15) is 16.5 Å². The number of halogens is 2. The van der Waals surface area contributed by atoms with Gasteiger partial charge >= 0.3 is 0 Å². The van der Waals surface area contributed by atoms with Crippen molar-refractivity contribution in [3.63, 3.8) is 0 Å². The van der Waals surface area contributed by atoms with Gasteiger partial charge in [0.25, 0.3) is 0 Å². The van der Waals surface area contributed by atoms with E-state index in [1.54, 1.807) is 23.5 Å². The maximum atomic E-state index is 6.06. The molecule has 0 aliphatic carbocycles. The molecule has 1 atom stereocenters. The fourth-order valence-corrected chi connectivity index (χ4v) is 3.47. The first-order chi connectivity index (χ1) is 9.24. The van der Waals surface area contributed by atoms with Gasteiger partial charge < -0.3 is 10.1 Å². The molecule has 2 nitrogen and oxygen atoms in total. The summed E-state index contributed by atoms with van der Waals surface area (Å²) in [7, 11) is 0. The monoisotopic (exact) mass is 313 g/mol. The van der Waals surface area contributed by atoms with Crippen LogP contribution in [0.3, 0.4) is 0 Å². The van der Waals surface area contributed by atoms with Crippen LogP contribution in [0.2, 0.25) is 10.0 Å². The van der Waals surface area contributed by atoms with Gasteiger partial charge in [0, 0.05) is 17.5 Å². The molecule has 2 heterocycles. The second-order valence-electron chi connectivity index (χ2n) is 4.45. The fraction of sp³-hybridized carbons (Fsp3) is 0.286. The highest BCUT2D eigenvalue weighted by Gasteiger charge is 2.21. The van der Waals surface area contributed by atoms with Crippen LogP contribution in [0.4, 0.5) is 0 Å². The second-order valence-corrected chi connectivity index (χ2v) is 6.21. The summed E-state index contributed by atoms with van der Waals surface area (Å²) in [6.07, 6.45) is 1.09. The molecule has 19 heavy (non-hydrogen) atoms. The van der Waals surface area contributed by atoms with Gasteiger partial charge in [-0.3, -0.25) is 0 Å². The lowest BCUT2D eigenvalue weighted by molar-refractivity contribution is 0.208. The maximum Gasteiger partial charge on any atom is 0.145 e. The Balaban J connectivity index is 1.85. The lowest BCUT2D eigenvalue weighted by Gasteiger charge is -2.18. The molecule has 1 N–H and O–H groups in total. The zero-order valence-electron chi connectivity index (χ0n) is 10.2. The van der Waals surface area contributed by atoms with Gasteiger partial charge in [0.2, 0.25) is 0 Å². The quantitative estimate of drug-likeness (QED) is 0.891. The molecule has 3 rings (SSSR count). The van der Waals surface area contributed by atoms with Gasteiger partial charge in [-0.15, -0.1) is 11.3 Å². The third-order valence-electron chi connectivity index (χ3n) is 3.14. The summed E-state index contributed by atoms with van der Waals surface area (Å²) < 4.78 is 6.06. The van der Waals surface area contributed by atoms with Crippen LogP contribution in [-0.4, -0.2) is 13.1 Å². The summed E-state index contributed by atoms with van der Waals surface area (Å²) in [6.45, 7) is 1.80. The molecule has 1 aromatic heterocycles. The van der Waals surface area contributed by atoms with Gasteiger partial charge in [0.1, 0.15) is 11.9 Å². The van der Waals surface area contributed by atoms with Crippen molar-refractivity contribution < 1.29 is 4.74 Å². The molecule has 0 amide bonds. The Morgan fingerprint density at radius 1 is 1.21 bits per heavy atom. The molecule has 1 aliphatic heterocycles. The van der Waals surface area contributed by atoms with Crippen LogP contribution in [-0.2, 0) is 6.42 Å². The Bertz CT molecular complexity index is 585. The molecule has 1 unspecified atom stereocenters. The van der Waals surface area contributed by atoms with E-state index < -0.39 is 0 Å². The van der Waals surface area contributed by atoms with E-state index in [1.165, 1.54) is 10.4 Å². The Kier molecular flexibility index (Phi) is 3.99. The first-order valence-corrected chi connectivity index (χ1v) is 7.76. The number of nitrogens with one attached hydrogen (secondary N) is 1. The molecular weight excluding hydrogens is 301 g/mol. The summed E-state index contributed by atoms with van der Waals surface area (Å²) >= 11 is 13.7. The fourth-order valence-electron chi connectivity index (χ4n) is 2.20. The molecule has 0 saturated carbocycles. The number of hydrogen-bond acceptors (Lipinski definition) is 3. The van der Waals surface area contributed by atoms with E-state index in [0.29, 0.717) is 10.0 Å².